The summed E-state index contributed by atoms with van der Waals surface area (Å²) in [6, 6.07) is 0.489. The fourth-order valence-electron chi connectivity index (χ4n) is 2.55. The van der Waals surface area contributed by atoms with E-state index >= 15 is 0 Å². The van der Waals surface area contributed by atoms with Crippen LogP contribution in [0.5, 0.6) is 0 Å². The van der Waals surface area contributed by atoms with Gasteiger partial charge in [0.05, 0.1) is 0 Å². The molecule has 2 amide bonds. The van der Waals surface area contributed by atoms with Gasteiger partial charge in [0.1, 0.15) is 0 Å². The molecule has 4 heteroatoms. The van der Waals surface area contributed by atoms with E-state index in [0.717, 1.165) is 57.7 Å². The number of carbonyl (C=O) groups excluding carboxylic acids is 1. The van der Waals surface area contributed by atoms with Crippen molar-refractivity contribution in [3.8, 4) is 0 Å². The SMILES string of the molecule is COCCCCCNC(=O)N1CC[C@H](C)C[C@@H]1C. The second kappa shape index (κ2) is 8.35. The van der Waals surface area contributed by atoms with Crippen molar-refractivity contribution in [3.05, 3.63) is 0 Å². The number of urea groups is 1. The fraction of sp³-hybridized carbons (Fsp3) is 0.929. The van der Waals surface area contributed by atoms with Gasteiger partial charge in [-0.2, -0.15) is 0 Å². The highest BCUT2D eigenvalue weighted by molar-refractivity contribution is 5.74. The second-order valence-electron chi connectivity index (χ2n) is 5.46. The Morgan fingerprint density at radius 2 is 2.11 bits per heavy atom. The molecule has 0 aliphatic carbocycles. The molecule has 0 unspecified atom stereocenters. The average molecular weight is 256 g/mol. The number of hydrogen-bond donors (Lipinski definition) is 1. The van der Waals surface area contributed by atoms with Crippen LogP contribution in [0.15, 0.2) is 0 Å². The van der Waals surface area contributed by atoms with Gasteiger partial charge in [0.2, 0.25) is 0 Å². The van der Waals surface area contributed by atoms with Crippen molar-refractivity contribution in [2.75, 3.05) is 26.8 Å². The standard InChI is InChI=1S/C14H28N2O2/c1-12-7-9-16(13(2)11-12)14(17)15-8-5-4-6-10-18-3/h12-13H,4-11H2,1-3H3,(H,15,17)/t12-,13-/m0/s1. The Morgan fingerprint density at radius 1 is 1.33 bits per heavy atom. The van der Waals surface area contributed by atoms with Crippen molar-refractivity contribution in [2.45, 2.75) is 52.0 Å². The van der Waals surface area contributed by atoms with Gasteiger partial charge in [-0.3, -0.25) is 0 Å². The Morgan fingerprint density at radius 3 is 2.78 bits per heavy atom. The number of amides is 2. The number of carbonyl (C=O) groups is 1. The van der Waals surface area contributed by atoms with Gasteiger partial charge in [0.25, 0.3) is 0 Å². The quantitative estimate of drug-likeness (QED) is 0.742. The Kier molecular flexibility index (Phi) is 7.09. The Labute approximate surface area is 111 Å². The topological polar surface area (TPSA) is 41.6 Å². The maximum atomic E-state index is 12.0. The van der Waals surface area contributed by atoms with Crippen LogP contribution in [0, 0.1) is 5.92 Å². The average Bonchev–Trinajstić information content (AvgIpc) is 2.33. The number of methoxy groups -OCH3 is 1. The highest BCUT2D eigenvalue weighted by atomic mass is 16.5. The maximum Gasteiger partial charge on any atom is 0.317 e. The number of hydrogen-bond acceptors (Lipinski definition) is 2. The summed E-state index contributed by atoms with van der Waals surface area (Å²) in [5, 5.41) is 3.02. The summed E-state index contributed by atoms with van der Waals surface area (Å²) < 4.78 is 4.99. The Balaban J connectivity index is 2.12. The number of piperidine rings is 1. The van der Waals surface area contributed by atoms with E-state index < -0.39 is 0 Å². The van der Waals surface area contributed by atoms with Crippen LogP contribution in [0.3, 0.4) is 0 Å². The number of rotatable bonds is 6. The molecule has 1 aliphatic rings. The molecule has 0 aromatic carbocycles. The van der Waals surface area contributed by atoms with Crippen LogP contribution in [-0.4, -0.2) is 43.8 Å². The van der Waals surface area contributed by atoms with Crippen LogP contribution in [0.25, 0.3) is 0 Å². The molecular formula is C14H28N2O2. The smallest absolute Gasteiger partial charge is 0.317 e. The third-order valence-corrected chi connectivity index (χ3v) is 3.70. The summed E-state index contributed by atoms with van der Waals surface area (Å²) in [4.78, 5) is 14.0. The fourth-order valence-corrected chi connectivity index (χ4v) is 2.55. The van der Waals surface area contributed by atoms with Gasteiger partial charge in [-0.1, -0.05) is 6.92 Å². The molecule has 0 aromatic heterocycles. The predicted octanol–water partition coefficient (Wildman–Crippen LogP) is 2.63. The summed E-state index contributed by atoms with van der Waals surface area (Å²) in [5.41, 5.74) is 0. The number of nitrogens with one attached hydrogen (secondary N) is 1. The van der Waals surface area contributed by atoms with Crippen molar-refractivity contribution >= 4 is 6.03 Å². The molecule has 2 atom stereocenters. The van der Waals surface area contributed by atoms with Crippen molar-refractivity contribution in [1.29, 1.82) is 0 Å². The van der Waals surface area contributed by atoms with Crippen molar-refractivity contribution in [3.63, 3.8) is 0 Å². The van der Waals surface area contributed by atoms with E-state index in [1.54, 1.807) is 7.11 Å². The van der Waals surface area contributed by atoms with E-state index in [-0.39, 0.29) is 6.03 Å². The van der Waals surface area contributed by atoms with Crippen LogP contribution in [0.4, 0.5) is 4.79 Å². The molecule has 1 saturated heterocycles. The first kappa shape index (κ1) is 15.3. The molecular weight excluding hydrogens is 228 g/mol. The summed E-state index contributed by atoms with van der Waals surface area (Å²) in [6.07, 6.45) is 5.48. The molecule has 1 N–H and O–H groups in total. The van der Waals surface area contributed by atoms with Crippen LogP contribution in [0.2, 0.25) is 0 Å². The van der Waals surface area contributed by atoms with Crippen LogP contribution >= 0.6 is 0 Å². The van der Waals surface area contributed by atoms with Gasteiger partial charge < -0.3 is 15.0 Å². The number of nitrogens with zero attached hydrogens (tertiary/aromatic N) is 1. The van der Waals surface area contributed by atoms with E-state index in [0.29, 0.717) is 6.04 Å². The molecule has 0 bridgehead atoms. The molecule has 1 fully saturated rings. The highest BCUT2D eigenvalue weighted by Gasteiger charge is 2.26. The first-order valence-corrected chi connectivity index (χ1v) is 7.18. The zero-order valence-corrected chi connectivity index (χ0v) is 12.1. The predicted molar refractivity (Wildman–Crippen MR) is 73.7 cm³/mol. The summed E-state index contributed by atoms with van der Waals surface area (Å²) >= 11 is 0. The van der Waals surface area contributed by atoms with E-state index in [4.69, 9.17) is 4.74 Å². The van der Waals surface area contributed by atoms with Crippen molar-refractivity contribution in [1.82, 2.24) is 10.2 Å². The zero-order chi connectivity index (χ0) is 13.4. The molecule has 0 aromatic rings. The van der Waals surface area contributed by atoms with Crippen LogP contribution in [0.1, 0.15) is 46.0 Å². The van der Waals surface area contributed by atoms with Gasteiger partial charge in [0.15, 0.2) is 0 Å². The minimum atomic E-state index is 0.112. The molecule has 1 rings (SSSR count). The number of likely N-dealkylation sites (tertiary alicyclic amines) is 1. The third-order valence-electron chi connectivity index (χ3n) is 3.70. The lowest BCUT2D eigenvalue weighted by Gasteiger charge is -2.36. The number of unbranched alkanes of at least 4 members (excludes halogenated alkanes) is 2. The third kappa shape index (κ3) is 5.25. The maximum absolute atomic E-state index is 12.0. The van der Waals surface area contributed by atoms with Crippen molar-refractivity contribution in [2.24, 2.45) is 5.92 Å². The molecule has 0 radical (unpaired) electrons. The van der Waals surface area contributed by atoms with E-state index in [2.05, 4.69) is 19.2 Å². The Hall–Kier alpha value is -0.770. The highest BCUT2D eigenvalue weighted by Crippen LogP contribution is 2.21. The van der Waals surface area contributed by atoms with E-state index in [1.807, 2.05) is 4.90 Å². The molecule has 106 valence electrons. The van der Waals surface area contributed by atoms with E-state index in [1.165, 1.54) is 0 Å². The van der Waals surface area contributed by atoms with Crippen LogP contribution in [-0.2, 0) is 4.74 Å². The Bertz CT molecular complexity index is 246. The molecule has 18 heavy (non-hydrogen) atoms. The first-order valence-electron chi connectivity index (χ1n) is 7.18. The lowest BCUT2D eigenvalue weighted by atomic mass is 9.94. The van der Waals surface area contributed by atoms with Gasteiger partial charge in [-0.15, -0.1) is 0 Å². The number of ether oxygens (including phenoxy) is 1. The molecule has 1 heterocycles. The van der Waals surface area contributed by atoms with Gasteiger partial charge in [0, 0.05) is 32.8 Å². The summed E-state index contributed by atoms with van der Waals surface area (Å²) in [5.74, 6) is 0.748. The normalized spacial score (nSPS) is 24.1. The van der Waals surface area contributed by atoms with Crippen LogP contribution < -0.4 is 5.32 Å². The molecule has 1 aliphatic heterocycles. The monoisotopic (exact) mass is 256 g/mol. The van der Waals surface area contributed by atoms with Crippen molar-refractivity contribution < 1.29 is 9.53 Å². The summed E-state index contributed by atoms with van der Waals surface area (Å²) in [7, 11) is 1.72. The zero-order valence-electron chi connectivity index (χ0n) is 12.1. The second-order valence-corrected chi connectivity index (χ2v) is 5.46. The first-order chi connectivity index (χ1) is 8.65. The largest absolute Gasteiger partial charge is 0.385 e. The van der Waals surface area contributed by atoms with Gasteiger partial charge >= 0.3 is 6.03 Å². The molecule has 0 spiro atoms. The molecule has 0 saturated carbocycles. The lowest BCUT2D eigenvalue weighted by molar-refractivity contribution is 0.139. The van der Waals surface area contributed by atoms with Gasteiger partial charge in [-0.05, 0) is 44.9 Å². The minimum Gasteiger partial charge on any atom is -0.385 e. The summed E-state index contributed by atoms with van der Waals surface area (Å²) in [6.45, 7) is 6.91. The molecule has 4 nitrogen and oxygen atoms in total. The lowest BCUT2D eigenvalue weighted by Crippen LogP contribution is -2.49. The van der Waals surface area contributed by atoms with Gasteiger partial charge in [-0.25, -0.2) is 4.79 Å². The minimum absolute atomic E-state index is 0.112. The van der Waals surface area contributed by atoms with E-state index in [9.17, 15) is 4.79 Å².